The number of benzene rings is 1. The predicted octanol–water partition coefficient (Wildman–Crippen LogP) is 5.24. The molecule has 15 heteroatoms. The first-order valence-electron chi connectivity index (χ1n) is 11.7. The van der Waals surface area contributed by atoms with Crippen molar-refractivity contribution >= 4 is 34.5 Å². The highest BCUT2D eigenvalue weighted by Crippen LogP contribution is 2.36. The van der Waals surface area contributed by atoms with Crippen molar-refractivity contribution in [3.8, 4) is 0 Å². The maximum absolute atomic E-state index is 13.1. The van der Waals surface area contributed by atoms with Gasteiger partial charge in [0.15, 0.2) is 10.8 Å². The van der Waals surface area contributed by atoms with Crippen LogP contribution in [0.25, 0.3) is 11.0 Å². The van der Waals surface area contributed by atoms with Gasteiger partial charge in [0.1, 0.15) is 5.82 Å². The molecule has 2 heterocycles. The van der Waals surface area contributed by atoms with E-state index in [0.717, 1.165) is 12.2 Å². The summed E-state index contributed by atoms with van der Waals surface area (Å²) in [6.07, 6.45) is -7.66. The Hall–Kier alpha value is -3.07. The molecule has 0 atom stereocenters. The number of hydrogen-bond acceptors (Lipinski definition) is 7. The van der Waals surface area contributed by atoms with E-state index in [1.807, 2.05) is 13.8 Å². The van der Waals surface area contributed by atoms with Gasteiger partial charge in [0.2, 0.25) is 0 Å². The molecule has 0 fully saturated rings. The number of alkyl halides is 6. The van der Waals surface area contributed by atoms with Crippen molar-refractivity contribution in [2.75, 3.05) is 37.4 Å². The lowest BCUT2D eigenvalue weighted by molar-refractivity contribution is -0.143. The summed E-state index contributed by atoms with van der Waals surface area (Å²) in [6.45, 7) is 5.37. The van der Waals surface area contributed by atoms with Gasteiger partial charge in [-0.1, -0.05) is 18.7 Å². The first-order valence-corrected chi connectivity index (χ1v) is 12.7. The molecular weight excluding hydrogens is 538 g/mol. The molecule has 0 unspecified atom stereocenters. The molecule has 3 rings (SSSR count). The molecule has 0 aliphatic carbocycles. The fourth-order valence-corrected chi connectivity index (χ4v) is 4.03. The standard InChI is InChI=1S/C23H26F6N6O2S/c1-3-9-38-21-33-18(30-6-8-37-4-2)17-13-32-35(19(17)34-21)7-5-31-20(36)14-10-15(22(24,25)26)12-16(11-14)23(27,28)29/h10-13H,3-9H2,1-2H3,(H,31,36)(H,30,33,34). The van der Waals surface area contributed by atoms with Gasteiger partial charge in [-0.25, -0.2) is 14.6 Å². The SMILES string of the molecule is CCCSc1nc(NCCOCC)c2cnn(CCNC(=O)c3cc(C(F)(F)F)cc(C(F)(F)F)c3)c2n1. The Bertz CT molecular complexity index is 1220. The summed E-state index contributed by atoms with van der Waals surface area (Å²) in [5.41, 5.74) is -3.41. The molecule has 8 nitrogen and oxygen atoms in total. The lowest BCUT2D eigenvalue weighted by Crippen LogP contribution is -2.28. The van der Waals surface area contributed by atoms with Crippen molar-refractivity contribution in [1.29, 1.82) is 0 Å². The van der Waals surface area contributed by atoms with Gasteiger partial charge in [0.25, 0.3) is 5.91 Å². The van der Waals surface area contributed by atoms with E-state index in [9.17, 15) is 31.1 Å². The number of halogens is 6. The predicted molar refractivity (Wildman–Crippen MR) is 130 cm³/mol. The first-order chi connectivity index (χ1) is 17.9. The van der Waals surface area contributed by atoms with Crippen molar-refractivity contribution in [2.45, 2.75) is 44.3 Å². The molecule has 0 aliphatic heterocycles. The number of thioether (sulfide) groups is 1. The van der Waals surface area contributed by atoms with Crippen LogP contribution >= 0.6 is 11.8 Å². The number of amides is 1. The number of carbonyl (C=O) groups excluding carboxylic acids is 1. The molecule has 0 spiro atoms. The molecule has 208 valence electrons. The number of carbonyl (C=O) groups is 1. The summed E-state index contributed by atoms with van der Waals surface area (Å²) in [7, 11) is 0. The van der Waals surface area contributed by atoms with Crippen molar-refractivity contribution < 1.29 is 35.9 Å². The van der Waals surface area contributed by atoms with Crippen LogP contribution in [0.15, 0.2) is 29.6 Å². The number of ether oxygens (including phenoxy) is 1. The summed E-state index contributed by atoms with van der Waals surface area (Å²) in [5.74, 6) is 0.253. The average Bonchev–Trinajstić information content (AvgIpc) is 3.26. The van der Waals surface area contributed by atoms with E-state index >= 15 is 0 Å². The number of aromatic nitrogens is 4. The normalized spacial score (nSPS) is 12.2. The Balaban J connectivity index is 1.78. The van der Waals surface area contributed by atoms with Crippen LogP contribution in [0.2, 0.25) is 0 Å². The third-order valence-electron chi connectivity index (χ3n) is 5.11. The van der Waals surface area contributed by atoms with Gasteiger partial charge >= 0.3 is 12.4 Å². The van der Waals surface area contributed by atoms with E-state index in [1.54, 1.807) is 0 Å². The van der Waals surface area contributed by atoms with E-state index in [1.165, 1.54) is 22.6 Å². The number of rotatable bonds is 12. The molecule has 2 N–H and O–H groups in total. The monoisotopic (exact) mass is 564 g/mol. The molecule has 38 heavy (non-hydrogen) atoms. The first kappa shape index (κ1) is 29.5. The average molecular weight is 565 g/mol. The molecule has 0 saturated heterocycles. The van der Waals surface area contributed by atoms with Crippen LogP contribution in [-0.4, -0.2) is 57.7 Å². The van der Waals surface area contributed by atoms with Gasteiger partial charge in [-0.2, -0.15) is 31.4 Å². The zero-order valence-corrected chi connectivity index (χ0v) is 21.4. The summed E-state index contributed by atoms with van der Waals surface area (Å²) >= 11 is 1.45. The summed E-state index contributed by atoms with van der Waals surface area (Å²) in [5, 5.41) is 10.9. The Labute approximate surface area is 218 Å². The van der Waals surface area contributed by atoms with E-state index in [4.69, 9.17) is 4.74 Å². The van der Waals surface area contributed by atoms with Gasteiger partial charge in [-0.15, -0.1) is 0 Å². The third-order valence-corrected chi connectivity index (χ3v) is 6.17. The maximum Gasteiger partial charge on any atom is 0.416 e. The van der Waals surface area contributed by atoms with Crippen LogP contribution in [-0.2, 0) is 23.6 Å². The molecule has 1 aromatic carbocycles. The molecule has 1 amide bonds. The molecular formula is C23H26F6N6O2S. The second-order valence-corrected chi connectivity index (χ2v) is 9.04. The maximum atomic E-state index is 13.1. The minimum absolute atomic E-state index is 0.0273. The van der Waals surface area contributed by atoms with Crippen LogP contribution in [0.5, 0.6) is 0 Å². The second-order valence-electron chi connectivity index (χ2n) is 7.98. The summed E-state index contributed by atoms with van der Waals surface area (Å²) in [4.78, 5) is 21.5. The number of fused-ring (bicyclic) bond motifs is 1. The third kappa shape index (κ3) is 7.72. The Kier molecular flexibility index (Phi) is 9.82. The van der Waals surface area contributed by atoms with Crippen molar-refractivity contribution in [1.82, 2.24) is 25.1 Å². The fourth-order valence-electron chi connectivity index (χ4n) is 3.34. The van der Waals surface area contributed by atoms with E-state index in [0.29, 0.717) is 53.9 Å². The van der Waals surface area contributed by atoms with Crippen molar-refractivity contribution in [2.24, 2.45) is 0 Å². The molecule has 0 radical (unpaired) electrons. The Morgan fingerprint density at radius 2 is 1.71 bits per heavy atom. The second kappa shape index (κ2) is 12.7. The van der Waals surface area contributed by atoms with E-state index in [-0.39, 0.29) is 19.2 Å². The van der Waals surface area contributed by atoms with E-state index in [2.05, 4.69) is 25.7 Å². The highest BCUT2D eigenvalue weighted by molar-refractivity contribution is 7.99. The van der Waals surface area contributed by atoms with Crippen molar-refractivity contribution in [3.63, 3.8) is 0 Å². The number of anilines is 1. The molecule has 0 aliphatic rings. The smallest absolute Gasteiger partial charge is 0.380 e. The molecule has 2 aromatic heterocycles. The topological polar surface area (TPSA) is 94.0 Å². The zero-order chi connectivity index (χ0) is 27.9. The fraction of sp³-hybridized carbons (Fsp3) is 0.478. The molecule has 0 saturated carbocycles. The zero-order valence-electron chi connectivity index (χ0n) is 20.5. The highest BCUT2D eigenvalue weighted by Gasteiger charge is 2.37. The van der Waals surface area contributed by atoms with Gasteiger partial charge in [0.05, 0.1) is 35.9 Å². The van der Waals surface area contributed by atoms with Gasteiger partial charge in [0, 0.05) is 31.0 Å². The number of hydrogen-bond donors (Lipinski definition) is 2. The van der Waals surface area contributed by atoms with Crippen LogP contribution < -0.4 is 10.6 Å². The van der Waals surface area contributed by atoms with E-state index < -0.39 is 35.0 Å². The van der Waals surface area contributed by atoms with Crippen LogP contribution in [0, 0.1) is 0 Å². The largest absolute Gasteiger partial charge is 0.416 e. The van der Waals surface area contributed by atoms with Gasteiger partial charge in [-0.3, -0.25) is 4.79 Å². The molecule has 3 aromatic rings. The van der Waals surface area contributed by atoms with Crippen LogP contribution in [0.1, 0.15) is 41.8 Å². The quantitative estimate of drug-likeness (QED) is 0.134. The lowest BCUT2D eigenvalue weighted by Gasteiger charge is -2.14. The highest BCUT2D eigenvalue weighted by atomic mass is 32.2. The molecule has 0 bridgehead atoms. The van der Waals surface area contributed by atoms with Crippen LogP contribution in [0.3, 0.4) is 0 Å². The van der Waals surface area contributed by atoms with Gasteiger partial charge < -0.3 is 15.4 Å². The summed E-state index contributed by atoms with van der Waals surface area (Å²) in [6, 6.07) is 0.748. The Morgan fingerprint density at radius 1 is 1.03 bits per heavy atom. The number of nitrogens with one attached hydrogen (secondary N) is 2. The lowest BCUT2D eigenvalue weighted by atomic mass is 10.0. The minimum Gasteiger partial charge on any atom is -0.380 e. The van der Waals surface area contributed by atoms with Gasteiger partial charge in [-0.05, 0) is 31.5 Å². The van der Waals surface area contributed by atoms with Crippen LogP contribution in [0.4, 0.5) is 32.2 Å². The summed E-state index contributed by atoms with van der Waals surface area (Å²) < 4.78 is 85.5. The Morgan fingerprint density at radius 3 is 2.32 bits per heavy atom. The minimum atomic E-state index is -5.05. The number of nitrogens with zero attached hydrogens (tertiary/aromatic N) is 4. The van der Waals surface area contributed by atoms with Crippen molar-refractivity contribution in [3.05, 3.63) is 41.1 Å².